The van der Waals surface area contributed by atoms with Crippen LogP contribution in [0.25, 0.3) is 11.0 Å². The highest BCUT2D eigenvalue weighted by molar-refractivity contribution is 6.18. The molecule has 2 aromatic carbocycles. The lowest BCUT2D eigenvalue weighted by Crippen LogP contribution is -2.05. The predicted molar refractivity (Wildman–Crippen MR) is 98.7 cm³/mol. The summed E-state index contributed by atoms with van der Waals surface area (Å²) in [5.41, 5.74) is 0.935. The van der Waals surface area contributed by atoms with E-state index >= 15 is 0 Å². The van der Waals surface area contributed by atoms with Crippen LogP contribution in [-0.4, -0.2) is 39.3 Å². The van der Waals surface area contributed by atoms with Crippen molar-refractivity contribution < 1.29 is 33.3 Å². The maximum atomic E-state index is 13.2. The molecule has 0 saturated carbocycles. The van der Waals surface area contributed by atoms with Crippen molar-refractivity contribution in [3.8, 4) is 28.7 Å². The van der Waals surface area contributed by atoms with Crippen LogP contribution in [0, 0.1) is 6.92 Å². The number of aromatic hydroxyl groups is 1. The molecule has 7 heteroatoms. The number of rotatable bonds is 6. The predicted octanol–water partition coefficient (Wildman–Crippen LogP) is 3.71. The van der Waals surface area contributed by atoms with Crippen molar-refractivity contribution in [1.82, 2.24) is 0 Å². The molecule has 1 heterocycles. The van der Waals surface area contributed by atoms with E-state index in [1.807, 2.05) is 0 Å². The van der Waals surface area contributed by atoms with Crippen LogP contribution in [-0.2, 0) is 0 Å². The number of methoxy groups -OCH3 is 4. The minimum Gasteiger partial charge on any atom is -0.507 e. The summed E-state index contributed by atoms with van der Waals surface area (Å²) < 4.78 is 26.7. The second kappa shape index (κ2) is 7.11. The maximum absolute atomic E-state index is 13.2. The average molecular weight is 372 g/mol. The molecule has 27 heavy (non-hydrogen) atoms. The number of carbonyl (C=O) groups is 1. The second-order valence-electron chi connectivity index (χ2n) is 5.80. The number of ketones is 1. The Balaban J connectivity index is 2.21. The van der Waals surface area contributed by atoms with E-state index in [1.165, 1.54) is 34.5 Å². The van der Waals surface area contributed by atoms with Crippen LogP contribution in [0.15, 0.2) is 28.7 Å². The van der Waals surface area contributed by atoms with Gasteiger partial charge in [0.1, 0.15) is 22.8 Å². The summed E-state index contributed by atoms with van der Waals surface area (Å²) in [4.78, 5) is 13.2. The fourth-order valence-electron chi connectivity index (χ4n) is 3.05. The molecule has 0 spiro atoms. The summed E-state index contributed by atoms with van der Waals surface area (Å²) in [5, 5.41) is 10.7. The molecule has 142 valence electrons. The van der Waals surface area contributed by atoms with Gasteiger partial charge in [-0.05, 0) is 19.1 Å². The average Bonchev–Trinajstić information content (AvgIpc) is 3.02. The van der Waals surface area contributed by atoms with E-state index in [4.69, 9.17) is 23.4 Å². The zero-order valence-corrected chi connectivity index (χ0v) is 15.7. The molecule has 0 atom stereocenters. The molecule has 0 aliphatic heterocycles. The third-order valence-electron chi connectivity index (χ3n) is 4.31. The first-order valence-electron chi connectivity index (χ1n) is 8.09. The third kappa shape index (κ3) is 3.01. The van der Waals surface area contributed by atoms with Crippen molar-refractivity contribution in [2.24, 2.45) is 0 Å². The van der Waals surface area contributed by atoms with Crippen LogP contribution in [0.1, 0.15) is 21.7 Å². The Labute approximate surface area is 156 Å². The van der Waals surface area contributed by atoms with E-state index in [0.717, 1.165) is 0 Å². The summed E-state index contributed by atoms with van der Waals surface area (Å²) in [6, 6.07) is 6.17. The minimum atomic E-state index is -0.342. The molecule has 0 aliphatic carbocycles. The van der Waals surface area contributed by atoms with Crippen LogP contribution < -0.4 is 18.9 Å². The van der Waals surface area contributed by atoms with Crippen LogP contribution in [0.2, 0.25) is 0 Å². The summed E-state index contributed by atoms with van der Waals surface area (Å²) in [5.74, 6) is 1.47. The Bertz CT molecular complexity index is 992. The highest BCUT2D eigenvalue weighted by atomic mass is 16.5. The van der Waals surface area contributed by atoms with Gasteiger partial charge >= 0.3 is 0 Å². The maximum Gasteiger partial charge on any atom is 0.203 e. The molecule has 3 rings (SSSR count). The van der Waals surface area contributed by atoms with Crippen molar-refractivity contribution in [2.75, 3.05) is 28.4 Å². The number of phenolic OH excluding ortho intramolecular Hbond substituents is 1. The number of ether oxygens (including phenoxy) is 4. The Morgan fingerprint density at radius 2 is 1.56 bits per heavy atom. The molecule has 1 N–H and O–H groups in total. The quantitative estimate of drug-likeness (QED) is 0.660. The van der Waals surface area contributed by atoms with Gasteiger partial charge in [0.15, 0.2) is 17.3 Å². The normalized spacial score (nSPS) is 10.7. The fraction of sp³-hybridized carbons (Fsp3) is 0.250. The third-order valence-corrected chi connectivity index (χ3v) is 4.31. The van der Waals surface area contributed by atoms with Crippen molar-refractivity contribution in [1.29, 1.82) is 0 Å². The summed E-state index contributed by atoms with van der Waals surface area (Å²) in [6.07, 6.45) is 0. The van der Waals surface area contributed by atoms with Gasteiger partial charge in [-0.25, -0.2) is 0 Å². The lowest BCUT2D eigenvalue weighted by molar-refractivity contribution is 0.103. The van der Waals surface area contributed by atoms with Crippen LogP contribution in [0.3, 0.4) is 0 Å². The van der Waals surface area contributed by atoms with Gasteiger partial charge in [0.2, 0.25) is 5.75 Å². The summed E-state index contributed by atoms with van der Waals surface area (Å²) in [7, 11) is 5.92. The highest BCUT2D eigenvalue weighted by Gasteiger charge is 2.25. The van der Waals surface area contributed by atoms with Gasteiger partial charge in [-0.2, -0.15) is 0 Å². The first-order chi connectivity index (χ1) is 12.9. The number of hydrogen-bond acceptors (Lipinski definition) is 7. The first-order valence-corrected chi connectivity index (χ1v) is 8.09. The van der Waals surface area contributed by atoms with Gasteiger partial charge in [0.05, 0.1) is 39.4 Å². The lowest BCUT2D eigenvalue weighted by atomic mass is 9.99. The van der Waals surface area contributed by atoms with E-state index in [2.05, 4.69) is 0 Å². The number of furan rings is 1. The highest BCUT2D eigenvalue weighted by Crippen LogP contribution is 2.41. The topological polar surface area (TPSA) is 87.4 Å². The lowest BCUT2D eigenvalue weighted by Gasteiger charge is -2.13. The Kier molecular flexibility index (Phi) is 4.85. The molecule has 0 radical (unpaired) electrons. The molecule has 0 unspecified atom stereocenters. The van der Waals surface area contributed by atoms with Crippen LogP contribution >= 0.6 is 0 Å². The fourth-order valence-corrected chi connectivity index (χ4v) is 3.05. The molecule has 7 nitrogen and oxygen atoms in total. The van der Waals surface area contributed by atoms with Crippen molar-refractivity contribution in [2.45, 2.75) is 6.92 Å². The zero-order valence-electron chi connectivity index (χ0n) is 15.7. The standard InChI is InChI=1S/C20H20O7/c1-10-17(18-13(21)8-12(23-2)9-14(18)27-10)19(22)11-6-15(24-3)20(26-5)16(7-11)25-4/h6-9,21H,1-5H3. The Hall–Kier alpha value is -3.35. The molecule has 0 fully saturated rings. The smallest absolute Gasteiger partial charge is 0.203 e. The van der Waals surface area contributed by atoms with Gasteiger partial charge in [-0.1, -0.05) is 0 Å². The molecule has 0 aliphatic rings. The number of phenols is 1. The SMILES string of the molecule is COc1cc(O)c2c(C(=O)c3cc(OC)c(OC)c(OC)c3)c(C)oc2c1. The zero-order chi connectivity index (χ0) is 19.7. The van der Waals surface area contributed by atoms with E-state index in [9.17, 15) is 9.90 Å². The molecular weight excluding hydrogens is 352 g/mol. The first kappa shape index (κ1) is 18.4. The molecule has 1 aromatic heterocycles. The van der Waals surface area contributed by atoms with Gasteiger partial charge in [-0.15, -0.1) is 0 Å². The number of aryl methyl sites for hydroxylation is 1. The van der Waals surface area contributed by atoms with Crippen LogP contribution in [0.5, 0.6) is 28.7 Å². The largest absolute Gasteiger partial charge is 0.507 e. The second-order valence-corrected chi connectivity index (χ2v) is 5.80. The van der Waals surface area contributed by atoms with Gasteiger partial charge in [0, 0.05) is 17.7 Å². The molecule has 0 amide bonds. The summed E-state index contributed by atoms with van der Waals surface area (Å²) in [6.45, 7) is 1.66. The van der Waals surface area contributed by atoms with Gasteiger partial charge in [0.25, 0.3) is 0 Å². The van der Waals surface area contributed by atoms with Crippen molar-refractivity contribution >= 4 is 16.8 Å². The van der Waals surface area contributed by atoms with Crippen molar-refractivity contribution in [3.63, 3.8) is 0 Å². The van der Waals surface area contributed by atoms with E-state index < -0.39 is 0 Å². The molecule has 3 aromatic rings. The van der Waals surface area contributed by atoms with E-state index in [1.54, 1.807) is 25.1 Å². The van der Waals surface area contributed by atoms with Crippen LogP contribution in [0.4, 0.5) is 0 Å². The van der Waals surface area contributed by atoms with Gasteiger partial charge < -0.3 is 28.5 Å². The number of fused-ring (bicyclic) bond motifs is 1. The monoisotopic (exact) mass is 372 g/mol. The number of hydrogen-bond donors (Lipinski definition) is 1. The number of benzene rings is 2. The van der Waals surface area contributed by atoms with E-state index in [-0.39, 0.29) is 17.1 Å². The Morgan fingerprint density at radius 3 is 2.07 bits per heavy atom. The minimum absolute atomic E-state index is 0.100. The van der Waals surface area contributed by atoms with Gasteiger partial charge in [-0.3, -0.25) is 4.79 Å². The Morgan fingerprint density at radius 1 is 0.926 bits per heavy atom. The number of carbonyl (C=O) groups excluding carboxylic acids is 1. The van der Waals surface area contributed by atoms with Crippen molar-refractivity contribution in [3.05, 3.63) is 41.2 Å². The molecule has 0 saturated heterocycles. The molecular formula is C20H20O7. The summed E-state index contributed by atoms with van der Waals surface area (Å²) >= 11 is 0. The molecule has 0 bridgehead atoms. The van der Waals surface area contributed by atoms with E-state index in [0.29, 0.717) is 45.3 Å².